The first-order valence-electron chi connectivity index (χ1n) is 20.4. The van der Waals surface area contributed by atoms with Gasteiger partial charge in [0.25, 0.3) is 11.8 Å². The number of carbonyl (C=O) groups excluding carboxylic acids is 4. The number of amides is 4. The number of anilines is 3. The second-order valence-corrected chi connectivity index (χ2v) is 16.6. The lowest BCUT2D eigenvalue weighted by Gasteiger charge is -2.50. The number of benzene rings is 5. The number of fused-ring (bicyclic) bond motifs is 4. The number of allylic oxidation sites excluding steroid dienone is 2. The predicted octanol–water partition coefficient (Wildman–Crippen LogP) is 8.52. The van der Waals surface area contributed by atoms with Crippen LogP contribution in [0.2, 0.25) is 5.02 Å². The minimum atomic E-state index is -1.53. The molecule has 0 radical (unpaired) electrons. The third kappa shape index (κ3) is 6.91. The average Bonchev–Trinajstić information content (AvgIpc) is 3.66. The molecule has 2 saturated heterocycles. The number of rotatable bonds is 11. The Hall–Kier alpha value is -6.70. The van der Waals surface area contributed by atoms with Gasteiger partial charge in [0.1, 0.15) is 18.2 Å². The summed E-state index contributed by atoms with van der Waals surface area (Å²) in [6.45, 7) is -0.0974. The number of imide groups is 2. The van der Waals surface area contributed by atoms with Gasteiger partial charge in [0.2, 0.25) is 11.8 Å². The molecule has 14 heteroatoms. The van der Waals surface area contributed by atoms with Crippen LogP contribution in [-0.2, 0) is 24.6 Å². The minimum absolute atomic E-state index is 0.0814. The molecule has 2 heterocycles. The number of aliphatic hydroxyl groups is 1. The SMILES string of the molecule is CN(C)c1ccc(N=Nc2ccc(N3C(=O)[C@H]4[C@H](CC=C5[C@H]4C[C@H]4C(=O)N(Nc6ccc(F)cc6)C(=O)[C@@]4(c4ccc(Cl)cc4)[C@H]5c4ccc(OCCO)cc4)C3=O)cc2)cc1. The van der Waals surface area contributed by atoms with Crippen molar-refractivity contribution in [2.24, 2.45) is 33.9 Å². The molecular formula is C48H42ClFN6O6. The topological polar surface area (TPSA) is 144 Å². The minimum Gasteiger partial charge on any atom is -0.491 e. The number of halogens is 2. The summed E-state index contributed by atoms with van der Waals surface area (Å²) in [6.07, 6.45) is 2.32. The maximum Gasteiger partial charge on any atom is 0.260 e. The zero-order chi connectivity index (χ0) is 43.3. The van der Waals surface area contributed by atoms with Crippen molar-refractivity contribution < 1.29 is 33.4 Å². The van der Waals surface area contributed by atoms with E-state index in [-0.39, 0.29) is 37.9 Å². The highest BCUT2D eigenvalue weighted by atomic mass is 35.5. The van der Waals surface area contributed by atoms with Crippen LogP contribution in [0.25, 0.3) is 0 Å². The van der Waals surface area contributed by atoms with Gasteiger partial charge in [-0.1, -0.05) is 47.5 Å². The van der Waals surface area contributed by atoms with Gasteiger partial charge in [-0.3, -0.25) is 29.5 Å². The Balaban J connectivity index is 1.10. The third-order valence-electron chi connectivity index (χ3n) is 12.6. The molecule has 9 rings (SSSR count). The van der Waals surface area contributed by atoms with E-state index in [0.717, 1.165) is 16.3 Å². The second-order valence-electron chi connectivity index (χ2n) is 16.2. The maximum absolute atomic E-state index is 15.4. The normalized spacial score (nSPS) is 24.2. The van der Waals surface area contributed by atoms with Gasteiger partial charge in [0, 0.05) is 30.7 Å². The molecule has 5 aromatic carbocycles. The molecule has 1 saturated carbocycles. The molecule has 62 heavy (non-hydrogen) atoms. The van der Waals surface area contributed by atoms with E-state index < -0.39 is 52.6 Å². The van der Waals surface area contributed by atoms with Crippen LogP contribution < -0.4 is 20.0 Å². The highest BCUT2D eigenvalue weighted by Gasteiger charge is 2.70. The lowest BCUT2D eigenvalue weighted by Crippen LogP contribution is -2.53. The van der Waals surface area contributed by atoms with E-state index in [2.05, 4.69) is 15.7 Å². The molecule has 0 spiro atoms. The van der Waals surface area contributed by atoms with Crippen molar-refractivity contribution in [2.45, 2.75) is 24.2 Å². The Morgan fingerprint density at radius 2 is 1.45 bits per heavy atom. The summed E-state index contributed by atoms with van der Waals surface area (Å²) in [5.74, 6) is -5.62. The van der Waals surface area contributed by atoms with Crippen LogP contribution in [0.1, 0.15) is 29.9 Å². The molecule has 0 unspecified atom stereocenters. The number of aliphatic hydroxyl groups excluding tert-OH is 1. The number of hydrogen-bond donors (Lipinski definition) is 2. The van der Waals surface area contributed by atoms with Gasteiger partial charge >= 0.3 is 0 Å². The van der Waals surface area contributed by atoms with Gasteiger partial charge in [-0.05, 0) is 127 Å². The number of ether oxygens (including phenoxy) is 1. The van der Waals surface area contributed by atoms with E-state index >= 15 is 4.79 Å². The quantitative estimate of drug-likeness (QED) is 0.0765. The summed E-state index contributed by atoms with van der Waals surface area (Å²) in [7, 11) is 3.91. The summed E-state index contributed by atoms with van der Waals surface area (Å²) >= 11 is 6.41. The van der Waals surface area contributed by atoms with Crippen molar-refractivity contribution in [1.29, 1.82) is 0 Å². The van der Waals surface area contributed by atoms with Crippen LogP contribution in [0.5, 0.6) is 5.75 Å². The molecule has 0 bridgehead atoms. The van der Waals surface area contributed by atoms with Crippen molar-refractivity contribution in [1.82, 2.24) is 5.01 Å². The first-order chi connectivity index (χ1) is 30.0. The lowest BCUT2D eigenvalue weighted by atomic mass is 9.49. The van der Waals surface area contributed by atoms with E-state index in [0.29, 0.717) is 44.6 Å². The fourth-order valence-electron chi connectivity index (χ4n) is 9.81. The second kappa shape index (κ2) is 16.3. The molecule has 2 aliphatic carbocycles. The molecule has 12 nitrogen and oxygen atoms in total. The van der Waals surface area contributed by atoms with Crippen LogP contribution in [0.4, 0.5) is 32.8 Å². The average molecular weight is 853 g/mol. The van der Waals surface area contributed by atoms with E-state index in [1.165, 1.54) is 29.2 Å². The molecule has 314 valence electrons. The molecule has 6 atom stereocenters. The molecule has 2 N–H and O–H groups in total. The van der Waals surface area contributed by atoms with Crippen molar-refractivity contribution >= 4 is 63.7 Å². The van der Waals surface area contributed by atoms with Crippen molar-refractivity contribution in [3.05, 3.63) is 155 Å². The van der Waals surface area contributed by atoms with Crippen LogP contribution in [0, 0.1) is 29.5 Å². The summed E-state index contributed by atoms with van der Waals surface area (Å²) in [5, 5.41) is 19.5. The zero-order valence-electron chi connectivity index (χ0n) is 33.8. The third-order valence-corrected chi connectivity index (χ3v) is 12.8. The Kier molecular flexibility index (Phi) is 10.7. The fourth-order valence-corrected chi connectivity index (χ4v) is 9.93. The van der Waals surface area contributed by atoms with E-state index in [1.807, 2.05) is 61.5 Å². The van der Waals surface area contributed by atoms with Gasteiger partial charge in [0.15, 0.2) is 0 Å². The van der Waals surface area contributed by atoms with Gasteiger partial charge < -0.3 is 14.7 Å². The molecular weight excluding hydrogens is 811 g/mol. The smallest absolute Gasteiger partial charge is 0.260 e. The summed E-state index contributed by atoms with van der Waals surface area (Å²) in [4.78, 5) is 62.7. The van der Waals surface area contributed by atoms with E-state index in [1.54, 1.807) is 60.7 Å². The molecule has 0 aromatic heterocycles. The van der Waals surface area contributed by atoms with E-state index in [4.69, 9.17) is 16.3 Å². The van der Waals surface area contributed by atoms with Crippen molar-refractivity contribution in [3.63, 3.8) is 0 Å². The number of azo groups is 1. The Bertz CT molecular complexity index is 2600. The largest absolute Gasteiger partial charge is 0.491 e. The Morgan fingerprint density at radius 1 is 0.806 bits per heavy atom. The molecule has 5 aromatic rings. The molecule has 4 aliphatic rings. The summed E-state index contributed by atoms with van der Waals surface area (Å²) in [5.41, 5.74) is 6.43. The summed E-state index contributed by atoms with van der Waals surface area (Å²) in [6, 6.07) is 33.8. The van der Waals surface area contributed by atoms with Crippen LogP contribution in [0.3, 0.4) is 0 Å². The van der Waals surface area contributed by atoms with E-state index in [9.17, 15) is 23.9 Å². The highest BCUT2D eigenvalue weighted by Crippen LogP contribution is 2.64. The fraction of sp³-hybridized carbons (Fsp3) is 0.250. The number of hydrazine groups is 1. The molecule has 3 fully saturated rings. The van der Waals surface area contributed by atoms with Crippen LogP contribution in [0.15, 0.2) is 143 Å². The number of nitrogens with one attached hydrogen (secondary N) is 1. The first kappa shape index (κ1) is 40.7. The highest BCUT2D eigenvalue weighted by molar-refractivity contribution is 6.30. The predicted molar refractivity (Wildman–Crippen MR) is 232 cm³/mol. The van der Waals surface area contributed by atoms with Crippen molar-refractivity contribution in [3.8, 4) is 5.75 Å². The number of nitrogens with zero attached hydrogens (tertiary/aromatic N) is 5. The molecule has 4 amide bonds. The Labute approximate surface area is 362 Å². The van der Waals surface area contributed by atoms with Gasteiger partial charge in [-0.25, -0.2) is 4.39 Å². The number of carbonyl (C=O) groups is 4. The standard InChI is InChI=1S/C48H42ClFN6O6/c1-54(2)35-17-13-32(14-18-35)51-52-33-15-19-36(20-16-33)55-44(58)39-24-23-38-40(42(39)46(55)60)27-41-45(59)56(53-34-11-9-31(50)10-12-34)47(61)48(41,29-5-7-30(49)8-6-29)43(38)28-3-21-37(22-4-28)62-26-25-57/h3-23,39-43,53,57H,24-27H2,1-2H3/t39-,40+,41-,42-,43-,48+/m0/s1. The Morgan fingerprint density at radius 3 is 2.08 bits per heavy atom. The first-order valence-corrected chi connectivity index (χ1v) is 20.7. The maximum atomic E-state index is 15.4. The van der Waals surface area contributed by atoms with Gasteiger partial charge in [0.05, 0.1) is 52.5 Å². The monoisotopic (exact) mass is 852 g/mol. The lowest BCUT2D eigenvalue weighted by molar-refractivity contribution is -0.138. The zero-order valence-corrected chi connectivity index (χ0v) is 34.6. The summed E-state index contributed by atoms with van der Waals surface area (Å²) < 4.78 is 19.7. The van der Waals surface area contributed by atoms with Crippen molar-refractivity contribution in [2.75, 3.05) is 42.5 Å². The van der Waals surface area contributed by atoms with Gasteiger partial charge in [-0.15, -0.1) is 0 Å². The van der Waals surface area contributed by atoms with Gasteiger partial charge in [-0.2, -0.15) is 15.2 Å². The molecule has 2 aliphatic heterocycles. The number of hydrogen-bond acceptors (Lipinski definition) is 10. The van der Waals surface area contributed by atoms with Crippen LogP contribution in [-0.4, -0.2) is 61.1 Å². The van der Waals surface area contributed by atoms with Crippen LogP contribution >= 0.6 is 11.6 Å².